The molecule has 0 saturated heterocycles. The summed E-state index contributed by atoms with van der Waals surface area (Å²) >= 11 is 0. The van der Waals surface area contributed by atoms with Gasteiger partial charge in [-0.05, 0) is 30.5 Å². The molecule has 0 aliphatic heterocycles. The summed E-state index contributed by atoms with van der Waals surface area (Å²) in [6.07, 6.45) is 5.22. The number of benzene rings is 1. The molecule has 110 valence electrons. The summed E-state index contributed by atoms with van der Waals surface area (Å²) in [6, 6.07) is 8.14. The first-order valence-electron chi connectivity index (χ1n) is 7.17. The Hall–Kier alpha value is -2.17. The fourth-order valence-corrected chi connectivity index (χ4v) is 3.13. The van der Waals surface area contributed by atoms with Crippen LogP contribution in [-0.4, -0.2) is 15.7 Å². The van der Waals surface area contributed by atoms with E-state index in [1.165, 1.54) is 12.1 Å². The Morgan fingerprint density at radius 1 is 1.33 bits per heavy atom. The predicted octanol–water partition coefficient (Wildman–Crippen LogP) is 3.01. The molecule has 0 spiro atoms. The lowest BCUT2D eigenvalue weighted by Crippen LogP contribution is -2.38. The van der Waals surface area contributed by atoms with Crippen LogP contribution in [0.3, 0.4) is 0 Å². The van der Waals surface area contributed by atoms with E-state index in [9.17, 15) is 9.18 Å². The second kappa shape index (κ2) is 5.31. The molecule has 1 heterocycles. The summed E-state index contributed by atoms with van der Waals surface area (Å²) in [5.74, 6) is 0.138. The first-order valence-corrected chi connectivity index (χ1v) is 7.17. The van der Waals surface area contributed by atoms with Gasteiger partial charge in [-0.3, -0.25) is 9.48 Å². The average Bonchev–Trinajstić information content (AvgIpc) is 3.09. The fraction of sp³-hybridized carbons (Fsp3) is 0.375. The SMILES string of the molecule is Cn1ccc(NC(=O)C2(c3cccc(F)c3)CCCC2)n1. The van der Waals surface area contributed by atoms with Crippen molar-refractivity contribution in [3.8, 4) is 0 Å². The van der Waals surface area contributed by atoms with Crippen molar-refractivity contribution in [2.24, 2.45) is 7.05 Å². The van der Waals surface area contributed by atoms with Crippen LogP contribution in [0.1, 0.15) is 31.2 Å². The predicted molar refractivity (Wildman–Crippen MR) is 78.4 cm³/mol. The van der Waals surface area contributed by atoms with Crippen molar-refractivity contribution in [3.05, 3.63) is 47.9 Å². The van der Waals surface area contributed by atoms with E-state index >= 15 is 0 Å². The van der Waals surface area contributed by atoms with Gasteiger partial charge < -0.3 is 5.32 Å². The van der Waals surface area contributed by atoms with E-state index in [4.69, 9.17) is 0 Å². The van der Waals surface area contributed by atoms with Crippen LogP contribution >= 0.6 is 0 Å². The third-order valence-corrected chi connectivity index (χ3v) is 4.22. The van der Waals surface area contributed by atoms with Crippen molar-refractivity contribution in [1.29, 1.82) is 0 Å². The molecule has 0 unspecified atom stereocenters. The van der Waals surface area contributed by atoms with Gasteiger partial charge in [0.1, 0.15) is 5.82 Å². The number of halogens is 1. The Kier molecular flexibility index (Phi) is 3.49. The molecule has 5 heteroatoms. The van der Waals surface area contributed by atoms with E-state index in [1.54, 1.807) is 30.1 Å². The van der Waals surface area contributed by atoms with E-state index in [2.05, 4.69) is 10.4 Å². The van der Waals surface area contributed by atoms with Gasteiger partial charge in [-0.2, -0.15) is 5.10 Å². The van der Waals surface area contributed by atoms with E-state index in [0.29, 0.717) is 5.82 Å². The Morgan fingerprint density at radius 2 is 2.10 bits per heavy atom. The van der Waals surface area contributed by atoms with Crippen LogP contribution in [-0.2, 0) is 17.3 Å². The number of nitrogens with one attached hydrogen (secondary N) is 1. The number of hydrogen-bond acceptors (Lipinski definition) is 2. The lowest BCUT2D eigenvalue weighted by Gasteiger charge is -2.27. The molecular weight excluding hydrogens is 269 g/mol. The molecule has 1 fully saturated rings. The van der Waals surface area contributed by atoms with Gasteiger partial charge in [0.15, 0.2) is 5.82 Å². The van der Waals surface area contributed by atoms with Gasteiger partial charge in [0, 0.05) is 19.3 Å². The second-order valence-corrected chi connectivity index (χ2v) is 5.63. The number of amides is 1. The standard InChI is InChI=1S/C16H18FN3O/c1-20-10-7-14(19-20)18-15(21)16(8-2-3-9-16)12-5-4-6-13(17)11-12/h4-7,10-11H,2-3,8-9H2,1H3,(H,18,19,21). The van der Waals surface area contributed by atoms with E-state index in [-0.39, 0.29) is 11.7 Å². The molecule has 0 bridgehead atoms. The number of carbonyl (C=O) groups is 1. The molecule has 1 aromatic carbocycles. The molecular formula is C16H18FN3O. The minimum Gasteiger partial charge on any atom is -0.308 e. The van der Waals surface area contributed by atoms with Crippen molar-refractivity contribution in [2.75, 3.05) is 5.32 Å². The molecule has 1 aliphatic rings. The molecule has 0 atom stereocenters. The molecule has 1 N–H and O–H groups in total. The minimum atomic E-state index is -0.639. The molecule has 21 heavy (non-hydrogen) atoms. The van der Waals surface area contributed by atoms with Crippen LogP contribution in [0.5, 0.6) is 0 Å². The van der Waals surface area contributed by atoms with Crippen LogP contribution in [0, 0.1) is 5.82 Å². The zero-order valence-electron chi connectivity index (χ0n) is 12.0. The maximum atomic E-state index is 13.5. The number of aryl methyl sites for hydroxylation is 1. The van der Waals surface area contributed by atoms with Gasteiger partial charge >= 0.3 is 0 Å². The van der Waals surface area contributed by atoms with Gasteiger partial charge in [-0.1, -0.05) is 25.0 Å². The summed E-state index contributed by atoms with van der Waals surface area (Å²) < 4.78 is 15.2. The molecule has 1 aromatic heterocycles. The molecule has 4 nitrogen and oxygen atoms in total. The highest BCUT2D eigenvalue weighted by Gasteiger charge is 2.43. The number of anilines is 1. The molecule has 0 radical (unpaired) electrons. The molecule has 1 aliphatic carbocycles. The summed E-state index contributed by atoms with van der Waals surface area (Å²) in [6.45, 7) is 0. The van der Waals surface area contributed by atoms with Gasteiger partial charge in [-0.15, -0.1) is 0 Å². The monoisotopic (exact) mass is 287 g/mol. The van der Waals surface area contributed by atoms with Crippen molar-refractivity contribution in [1.82, 2.24) is 9.78 Å². The quantitative estimate of drug-likeness (QED) is 0.943. The van der Waals surface area contributed by atoms with Gasteiger partial charge in [-0.25, -0.2) is 4.39 Å². The lowest BCUT2D eigenvalue weighted by atomic mass is 9.78. The number of carbonyl (C=O) groups excluding carboxylic acids is 1. The third-order valence-electron chi connectivity index (χ3n) is 4.22. The summed E-state index contributed by atoms with van der Waals surface area (Å²) in [4.78, 5) is 12.8. The number of nitrogens with zero attached hydrogens (tertiary/aromatic N) is 2. The zero-order valence-corrected chi connectivity index (χ0v) is 12.0. The topological polar surface area (TPSA) is 46.9 Å². The molecule has 1 saturated carbocycles. The second-order valence-electron chi connectivity index (χ2n) is 5.63. The highest BCUT2D eigenvalue weighted by molar-refractivity contribution is 5.98. The van der Waals surface area contributed by atoms with Crippen LogP contribution in [0.25, 0.3) is 0 Å². The Balaban J connectivity index is 1.92. The summed E-state index contributed by atoms with van der Waals surface area (Å²) in [5.41, 5.74) is 0.119. The lowest BCUT2D eigenvalue weighted by molar-refractivity contribution is -0.121. The number of hydrogen-bond donors (Lipinski definition) is 1. The maximum Gasteiger partial charge on any atom is 0.236 e. The van der Waals surface area contributed by atoms with Crippen LogP contribution in [0.2, 0.25) is 0 Å². The number of aromatic nitrogens is 2. The molecule has 1 amide bonds. The van der Waals surface area contributed by atoms with Gasteiger partial charge in [0.05, 0.1) is 5.41 Å². The first-order chi connectivity index (χ1) is 10.1. The first kappa shape index (κ1) is 13.8. The van der Waals surface area contributed by atoms with Crippen LogP contribution in [0.15, 0.2) is 36.5 Å². The van der Waals surface area contributed by atoms with E-state index in [0.717, 1.165) is 31.2 Å². The van der Waals surface area contributed by atoms with E-state index in [1.807, 2.05) is 6.07 Å². The highest BCUT2D eigenvalue weighted by atomic mass is 19.1. The van der Waals surface area contributed by atoms with E-state index < -0.39 is 5.41 Å². The van der Waals surface area contributed by atoms with Gasteiger partial charge in [0.2, 0.25) is 5.91 Å². The minimum absolute atomic E-state index is 0.0932. The normalized spacial score (nSPS) is 16.9. The largest absolute Gasteiger partial charge is 0.308 e. The third kappa shape index (κ3) is 2.55. The Bertz CT molecular complexity index is 659. The molecule has 2 aromatic rings. The van der Waals surface area contributed by atoms with Crippen LogP contribution in [0.4, 0.5) is 10.2 Å². The van der Waals surface area contributed by atoms with Crippen molar-refractivity contribution in [2.45, 2.75) is 31.1 Å². The number of rotatable bonds is 3. The average molecular weight is 287 g/mol. The van der Waals surface area contributed by atoms with Crippen molar-refractivity contribution < 1.29 is 9.18 Å². The van der Waals surface area contributed by atoms with Crippen LogP contribution < -0.4 is 5.32 Å². The smallest absolute Gasteiger partial charge is 0.236 e. The Labute approximate surface area is 123 Å². The van der Waals surface area contributed by atoms with Crippen molar-refractivity contribution in [3.63, 3.8) is 0 Å². The maximum absolute atomic E-state index is 13.5. The van der Waals surface area contributed by atoms with Gasteiger partial charge in [0.25, 0.3) is 0 Å². The summed E-state index contributed by atoms with van der Waals surface area (Å²) in [7, 11) is 1.80. The highest BCUT2D eigenvalue weighted by Crippen LogP contribution is 2.42. The molecule has 3 rings (SSSR count). The zero-order chi connectivity index (χ0) is 14.9. The Morgan fingerprint density at radius 3 is 2.71 bits per heavy atom. The summed E-state index contributed by atoms with van der Waals surface area (Å²) in [5, 5.41) is 7.05. The fourth-order valence-electron chi connectivity index (χ4n) is 3.13. The van der Waals surface area contributed by atoms with Crippen molar-refractivity contribution >= 4 is 11.7 Å².